The summed E-state index contributed by atoms with van der Waals surface area (Å²) in [6.07, 6.45) is 5.29. The van der Waals surface area contributed by atoms with Gasteiger partial charge in [-0.25, -0.2) is 0 Å². The van der Waals surface area contributed by atoms with Gasteiger partial charge in [0.2, 0.25) is 0 Å². The maximum Gasteiger partial charge on any atom is 0.134 e. The molecule has 16 heavy (non-hydrogen) atoms. The zero-order valence-corrected chi connectivity index (χ0v) is 10.7. The van der Waals surface area contributed by atoms with E-state index in [1.54, 1.807) is 6.33 Å². The second-order valence-corrected chi connectivity index (χ2v) is 4.17. The van der Waals surface area contributed by atoms with Gasteiger partial charge >= 0.3 is 0 Å². The van der Waals surface area contributed by atoms with Gasteiger partial charge in [0.05, 0.1) is 0 Å². The van der Waals surface area contributed by atoms with Gasteiger partial charge in [0.25, 0.3) is 0 Å². The summed E-state index contributed by atoms with van der Waals surface area (Å²) in [5, 5.41) is 11.5. The molecule has 0 atom stereocenters. The number of hydrogen-bond acceptors (Lipinski definition) is 3. The second kappa shape index (κ2) is 7.39. The molecule has 4 nitrogen and oxygen atoms in total. The number of hydrogen-bond donors (Lipinski definition) is 1. The average molecular weight is 224 g/mol. The van der Waals surface area contributed by atoms with Gasteiger partial charge in [0.15, 0.2) is 0 Å². The molecule has 0 saturated heterocycles. The third kappa shape index (κ3) is 3.93. The molecule has 0 aliphatic rings. The summed E-state index contributed by atoms with van der Waals surface area (Å²) in [7, 11) is 0. The first-order valence-electron chi connectivity index (χ1n) is 6.39. The average Bonchev–Trinajstić information content (AvgIpc) is 2.77. The monoisotopic (exact) mass is 224 g/mol. The molecule has 0 aliphatic heterocycles. The SMILES string of the molecule is CCC(CC)CNCCc1nncn1CC. The highest BCUT2D eigenvalue weighted by Gasteiger charge is 2.04. The van der Waals surface area contributed by atoms with Gasteiger partial charge in [-0.1, -0.05) is 26.7 Å². The molecule has 0 bridgehead atoms. The van der Waals surface area contributed by atoms with Crippen molar-refractivity contribution in [1.82, 2.24) is 20.1 Å². The number of aromatic nitrogens is 3. The molecule has 1 aromatic heterocycles. The highest BCUT2D eigenvalue weighted by atomic mass is 15.3. The van der Waals surface area contributed by atoms with Crippen molar-refractivity contribution in [2.75, 3.05) is 13.1 Å². The fraction of sp³-hybridized carbons (Fsp3) is 0.833. The molecule has 0 saturated carbocycles. The summed E-state index contributed by atoms with van der Waals surface area (Å²) in [4.78, 5) is 0. The highest BCUT2D eigenvalue weighted by Crippen LogP contribution is 2.05. The number of nitrogens with zero attached hydrogens (tertiary/aromatic N) is 3. The van der Waals surface area contributed by atoms with E-state index in [0.717, 1.165) is 37.8 Å². The number of rotatable bonds is 8. The summed E-state index contributed by atoms with van der Waals surface area (Å²) >= 11 is 0. The fourth-order valence-electron chi connectivity index (χ4n) is 1.82. The maximum absolute atomic E-state index is 4.12. The van der Waals surface area contributed by atoms with E-state index >= 15 is 0 Å². The van der Waals surface area contributed by atoms with Crippen LogP contribution in [0.25, 0.3) is 0 Å². The third-order valence-corrected chi connectivity index (χ3v) is 3.15. The van der Waals surface area contributed by atoms with Gasteiger partial charge in [-0.3, -0.25) is 0 Å². The molecular weight excluding hydrogens is 200 g/mol. The van der Waals surface area contributed by atoms with E-state index in [9.17, 15) is 0 Å². The summed E-state index contributed by atoms with van der Waals surface area (Å²) in [6, 6.07) is 0. The van der Waals surface area contributed by atoms with E-state index < -0.39 is 0 Å². The fourth-order valence-corrected chi connectivity index (χ4v) is 1.82. The van der Waals surface area contributed by atoms with Crippen LogP contribution in [0.3, 0.4) is 0 Å². The predicted molar refractivity (Wildman–Crippen MR) is 66.3 cm³/mol. The van der Waals surface area contributed by atoms with Gasteiger partial charge < -0.3 is 9.88 Å². The Labute approximate surface area is 98.5 Å². The van der Waals surface area contributed by atoms with Crippen molar-refractivity contribution in [2.45, 2.75) is 46.6 Å². The topological polar surface area (TPSA) is 42.7 Å². The standard InChI is InChI=1S/C12H24N4/c1-4-11(5-2)9-13-8-7-12-15-14-10-16(12)6-3/h10-11,13H,4-9H2,1-3H3. The Morgan fingerprint density at radius 3 is 2.69 bits per heavy atom. The van der Waals surface area contributed by atoms with Crippen molar-refractivity contribution >= 4 is 0 Å². The molecule has 0 aliphatic carbocycles. The lowest BCUT2D eigenvalue weighted by Crippen LogP contribution is -2.25. The second-order valence-electron chi connectivity index (χ2n) is 4.17. The normalized spacial score (nSPS) is 11.2. The molecule has 0 radical (unpaired) electrons. The molecule has 0 unspecified atom stereocenters. The molecule has 1 N–H and O–H groups in total. The van der Waals surface area contributed by atoms with Crippen LogP contribution in [0, 0.1) is 5.92 Å². The third-order valence-electron chi connectivity index (χ3n) is 3.15. The molecule has 1 heterocycles. The summed E-state index contributed by atoms with van der Waals surface area (Å²) in [5.74, 6) is 1.89. The molecule has 4 heteroatoms. The maximum atomic E-state index is 4.12. The predicted octanol–water partition coefficient (Wildman–Crippen LogP) is 1.87. The van der Waals surface area contributed by atoms with Crippen LogP contribution in [-0.4, -0.2) is 27.9 Å². The van der Waals surface area contributed by atoms with Crippen LogP contribution in [0.4, 0.5) is 0 Å². The molecule has 1 rings (SSSR count). The molecule has 92 valence electrons. The van der Waals surface area contributed by atoms with Crippen molar-refractivity contribution < 1.29 is 0 Å². The number of nitrogens with one attached hydrogen (secondary N) is 1. The first-order chi connectivity index (χ1) is 7.81. The highest BCUT2D eigenvalue weighted by molar-refractivity contribution is 4.86. The minimum atomic E-state index is 0.809. The lowest BCUT2D eigenvalue weighted by atomic mass is 10.0. The first-order valence-corrected chi connectivity index (χ1v) is 6.39. The van der Waals surface area contributed by atoms with Crippen LogP contribution in [0.1, 0.15) is 39.4 Å². The van der Waals surface area contributed by atoms with Crippen molar-refractivity contribution in [3.8, 4) is 0 Å². The first kappa shape index (κ1) is 13.2. The number of aryl methyl sites for hydroxylation is 1. The minimum absolute atomic E-state index is 0.809. The van der Waals surface area contributed by atoms with Crippen molar-refractivity contribution in [2.24, 2.45) is 5.92 Å². The molecule has 0 spiro atoms. The van der Waals surface area contributed by atoms with Crippen molar-refractivity contribution in [3.63, 3.8) is 0 Å². The van der Waals surface area contributed by atoms with Gasteiger partial charge in [-0.05, 0) is 19.4 Å². The van der Waals surface area contributed by atoms with E-state index in [1.807, 2.05) is 0 Å². The smallest absolute Gasteiger partial charge is 0.134 e. The van der Waals surface area contributed by atoms with E-state index in [2.05, 4.69) is 40.9 Å². The van der Waals surface area contributed by atoms with Crippen LogP contribution < -0.4 is 5.32 Å². The van der Waals surface area contributed by atoms with Crippen LogP contribution in [-0.2, 0) is 13.0 Å². The Bertz CT molecular complexity index is 278. The summed E-state index contributed by atoms with van der Waals surface area (Å²) in [6.45, 7) is 9.69. The lowest BCUT2D eigenvalue weighted by molar-refractivity contribution is 0.449. The largest absolute Gasteiger partial charge is 0.318 e. The molecule has 1 aromatic rings. The summed E-state index contributed by atoms with van der Waals surface area (Å²) < 4.78 is 2.10. The Kier molecular flexibility index (Phi) is 6.08. The van der Waals surface area contributed by atoms with Gasteiger partial charge in [0, 0.05) is 19.5 Å². The van der Waals surface area contributed by atoms with E-state index in [1.165, 1.54) is 12.8 Å². The molecule has 0 fully saturated rings. The van der Waals surface area contributed by atoms with Crippen molar-refractivity contribution in [3.05, 3.63) is 12.2 Å². The van der Waals surface area contributed by atoms with E-state index in [-0.39, 0.29) is 0 Å². The Morgan fingerprint density at radius 2 is 2.06 bits per heavy atom. The van der Waals surface area contributed by atoms with E-state index in [0.29, 0.717) is 0 Å². The van der Waals surface area contributed by atoms with Gasteiger partial charge in [0.1, 0.15) is 12.2 Å². The van der Waals surface area contributed by atoms with Crippen LogP contribution in [0.15, 0.2) is 6.33 Å². The van der Waals surface area contributed by atoms with Gasteiger partial charge in [-0.15, -0.1) is 10.2 Å². The quantitative estimate of drug-likeness (QED) is 0.685. The Balaban J connectivity index is 2.20. The Hall–Kier alpha value is -0.900. The van der Waals surface area contributed by atoms with Crippen LogP contribution in [0.5, 0.6) is 0 Å². The summed E-state index contributed by atoms with van der Waals surface area (Å²) in [5.41, 5.74) is 0. The van der Waals surface area contributed by atoms with Crippen molar-refractivity contribution in [1.29, 1.82) is 0 Å². The minimum Gasteiger partial charge on any atom is -0.318 e. The van der Waals surface area contributed by atoms with Crippen LogP contribution >= 0.6 is 0 Å². The zero-order chi connectivity index (χ0) is 11.8. The molecule has 0 aromatic carbocycles. The zero-order valence-electron chi connectivity index (χ0n) is 10.7. The molecular formula is C12H24N4. The van der Waals surface area contributed by atoms with E-state index in [4.69, 9.17) is 0 Å². The Morgan fingerprint density at radius 1 is 1.31 bits per heavy atom. The molecule has 0 amide bonds. The van der Waals surface area contributed by atoms with Crippen LogP contribution in [0.2, 0.25) is 0 Å². The lowest BCUT2D eigenvalue weighted by Gasteiger charge is -2.12. The van der Waals surface area contributed by atoms with Gasteiger partial charge in [-0.2, -0.15) is 0 Å².